The summed E-state index contributed by atoms with van der Waals surface area (Å²) >= 11 is 5.41. The zero-order valence-corrected chi connectivity index (χ0v) is 19.2. The lowest BCUT2D eigenvalue weighted by Crippen LogP contribution is -2.58. The van der Waals surface area contributed by atoms with E-state index in [4.69, 9.17) is 22.3 Å². The number of nitrogens with one attached hydrogen (secondary N) is 3. The van der Waals surface area contributed by atoms with Gasteiger partial charge in [0.05, 0.1) is 12.5 Å². The molecule has 0 aromatic rings. The van der Waals surface area contributed by atoms with Crippen LogP contribution in [-0.2, 0) is 28.8 Å². The summed E-state index contributed by atoms with van der Waals surface area (Å²) in [6.45, 7) is 0. The SMILES string of the molecule is CSCCC(NC(=O)C(CS)NC(=O)C(N)CCC(N)=O)C(=O)NC(CC(N)=O)C(=O)O. The van der Waals surface area contributed by atoms with Gasteiger partial charge < -0.3 is 38.3 Å². The Bertz CT molecular complexity index is 709. The molecule has 0 aromatic carbocycles. The molecule has 10 N–H and O–H groups in total. The Morgan fingerprint density at radius 1 is 0.875 bits per heavy atom. The minimum Gasteiger partial charge on any atom is -0.480 e. The maximum absolute atomic E-state index is 12.6. The molecule has 13 nitrogen and oxygen atoms in total. The van der Waals surface area contributed by atoms with Gasteiger partial charge in [-0.3, -0.25) is 24.0 Å². The molecule has 32 heavy (non-hydrogen) atoms. The van der Waals surface area contributed by atoms with Crippen molar-refractivity contribution < 1.29 is 33.9 Å². The van der Waals surface area contributed by atoms with E-state index in [9.17, 15) is 28.8 Å². The molecule has 4 atom stereocenters. The minimum absolute atomic E-state index is 0.0166. The number of rotatable bonds is 16. The molecule has 0 bridgehead atoms. The lowest BCUT2D eigenvalue weighted by atomic mass is 10.1. The van der Waals surface area contributed by atoms with Crippen LogP contribution in [0.15, 0.2) is 0 Å². The molecule has 182 valence electrons. The topological polar surface area (TPSA) is 237 Å². The number of hydrogen-bond acceptors (Lipinski definition) is 9. The van der Waals surface area contributed by atoms with E-state index in [-0.39, 0.29) is 25.0 Å². The number of thioether (sulfide) groups is 1. The predicted molar refractivity (Wildman–Crippen MR) is 120 cm³/mol. The van der Waals surface area contributed by atoms with Gasteiger partial charge in [0.1, 0.15) is 18.1 Å². The van der Waals surface area contributed by atoms with E-state index in [0.717, 1.165) is 0 Å². The van der Waals surface area contributed by atoms with Crippen LogP contribution in [0.3, 0.4) is 0 Å². The molecule has 0 aliphatic heterocycles. The minimum atomic E-state index is -1.56. The summed E-state index contributed by atoms with van der Waals surface area (Å²) in [5.74, 6) is -4.99. The third-order valence-corrected chi connectivity index (χ3v) is 5.13. The van der Waals surface area contributed by atoms with Crippen molar-refractivity contribution >= 4 is 59.9 Å². The summed E-state index contributed by atoms with van der Waals surface area (Å²) in [5.41, 5.74) is 15.7. The van der Waals surface area contributed by atoms with E-state index >= 15 is 0 Å². The number of carbonyl (C=O) groups excluding carboxylic acids is 5. The highest BCUT2D eigenvalue weighted by Gasteiger charge is 2.30. The first-order valence-electron chi connectivity index (χ1n) is 9.48. The van der Waals surface area contributed by atoms with Gasteiger partial charge in [-0.25, -0.2) is 4.79 Å². The van der Waals surface area contributed by atoms with Crippen molar-refractivity contribution in [1.82, 2.24) is 16.0 Å². The van der Waals surface area contributed by atoms with E-state index in [0.29, 0.717) is 5.75 Å². The maximum atomic E-state index is 12.6. The monoisotopic (exact) mass is 494 g/mol. The van der Waals surface area contributed by atoms with Crippen LogP contribution >= 0.6 is 24.4 Å². The number of carboxylic acid groups (broad SMARTS) is 1. The molecule has 0 rings (SSSR count). The zero-order chi connectivity index (χ0) is 24.8. The molecule has 0 aliphatic carbocycles. The summed E-state index contributed by atoms with van der Waals surface area (Å²) in [6.07, 6.45) is 1.17. The second-order valence-electron chi connectivity index (χ2n) is 6.77. The third-order valence-electron chi connectivity index (χ3n) is 4.12. The molecule has 0 spiro atoms. The van der Waals surface area contributed by atoms with Crippen LogP contribution in [0.4, 0.5) is 0 Å². The number of carboxylic acids is 1. The Kier molecular flexibility index (Phi) is 14.1. The van der Waals surface area contributed by atoms with Crippen molar-refractivity contribution in [1.29, 1.82) is 0 Å². The van der Waals surface area contributed by atoms with Gasteiger partial charge in [-0.15, -0.1) is 0 Å². The predicted octanol–water partition coefficient (Wildman–Crippen LogP) is -3.32. The summed E-state index contributed by atoms with van der Waals surface area (Å²) < 4.78 is 0. The lowest BCUT2D eigenvalue weighted by molar-refractivity contribution is -0.143. The molecule has 0 radical (unpaired) electrons. The van der Waals surface area contributed by atoms with Gasteiger partial charge in [0.25, 0.3) is 0 Å². The molecule has 0 saturated carbocycles. The number of thiol groups is 1. The number of amides is 5. The van der Waals surface area contributed by atoms with Crippen molar-refractivity contribution in [3.05, 3.63) is 0 Å². The fourth-order valence-electron chi connectivity index (χ4n) is 2.35. The van der Waals surface area contributed by atoms with Crippen LogP contribution in [-0.4, -0.2) is 82.5 Å². The first kappa shape index (κ1) is 29.5. The number of nitrogens with two attached hydrogens (primary N) is 3. The van der Waals surface area contributed by atoms with Crippen LogP contribution in [0.1, 0.15) is 25.7 Å². The summed E-state index contributed by atoms with van der Waals surface area (Å²) in [6, 6.07) is -4.95. The standard InChI is InChI=1S/C17H30N6O7S2/c1-32-5-4-9(15(27)22-10(17(29)30)6-13(20)25)21-16(28)11(7-31)23-14(26)8(18)2-3-12(19)24/h8-11,31H,2-7,18H2,1H3,(H2,19,24)(H2,20,25)(H,21,28)(H,22,27)(H,23,26)(H,29,30). The van der Waals surface area contributed by atoms with Gasteiger partial charge in [0, 0.05) is 12.2 Å². The summed E-state index contributed by atoms with van der Waals surface area (Å²) in [5, 5.41) is 16.1. The highest BCUT2D eigenvalue weighted by atomic mass is 32.2. The second-order valence-corrected chi connectivity index (χ2v) is 8.12. The van der Waals surface area contributed by atoms with Crippen LogP contribution in [0.2, 0.25) is 0 Å². The van der Waals surface area contributed by atoms with Crippen LogP contribution in [0.5, 0.6) is 0 Å². The highest BCUT2D eigenvalue weighted by molar-refractivity contribution is 7.98. The highest BCUT2D eigenvalue weighted by Crippen LogP contribution is 2.04. The molecule has 15 heteroatoms. The summed E-state index contributed by atoms with van der Waals surface area (Å²) in [4.78, 5) is 70.4. The number of hydrogen-bond donors (Lipinski definition) is 8. The van der Waals surface area contributed by atoms with Gasteiger partial charge in [-0.05, 0) is 24.9 Å². The average molecular weight is 495 g/mol. The van der Waals surface area contributed by atoms with Crippen molar-refractivity contribution in [2.45, 2.75) is 49.9 Å². The molecule has 4 unspecified atom stereocenters. The van der Waals surface area contributed by atoms with Crippen molar-refractivity contribution in [2.75, 3.05) is 17.8 Å². The number of carbonyl (C=O) groups is 6. The van der Waals surface area contributed by atoms with Gasteiger partial charge in [0.2, 0.25) is 29.5 Å². The largest absolute Gasteiger partial charge is 0.480 e. The quantitative estimate of drug-likeness (QED) is 0.1000. The van der Waals surface area contributed by atoms with E-state index in [1.54, 1.807) is 6.26 Å². The smallest absolute Gasteiger partial charge is 0.326 e. The third kappa shape index (κ3) is 11.8. The fraction of sp³-hybridized carbons (Fsp3) is 0.647. The normalized spacial score (nSPS) is 14.3. The average Bonchev–Trinajstić information content (AvgIpc) is 2.71. The van der Waals surface area contributed by atoms with Crippen LogP contribution in [0.25, 0.3) is 0 Å². The Morgan fingerprint density at radius 2 is 1.41 bits per heavy atom. The van der Waals surface area contributed by atoms with Gasteiger partial charge in [0.15, 0.2) is 0 Å². The first-order chi connectivity index (χ1) is 14.9. The van der Waals surface area contributed by atoms with E-state index < -0.39 is 66.1 Å². The summed E-state index contributed by atoms with van der Waals surface area (Å²) in [7, 11) is 0. The van der Waals surface area contributed by atoms with Crippen molar-refractivity contribution in [2.24, 2.45) is 17.2 Å². The molecule has 5 amide bonds. The van der Waals surface area contributed by atoms with Crippen LogP contribution < -0.4 is 33.2 Å². The molecule has 0 saturated heterocycles. The Morgan fingerprint density at radius 3 is 1.88 bits per heavy atom. The van der Waals surface area contributed by atoms with Gasteiger partial charge >= 0.3 is 5.97 Å². The van der Waals surface area contributed by atoms with E-state index in [2.05, 4.69) is 28.6 Å². The molecule has 0 heterocycles. The molecule has 0 aliphatic rings. The molecular weight excluding hydrogens is 464 g/mol. The Hall–Kier alpha value is -2.52. The van der Waals surface area contributed by atoms with E-state index in [1.165, 1.54) is 11.8 Å². The zero-order valence-electron chi connectivity index (χ0n) is 17.5. The second kappa shape index (κ2) is 15.3. The Labute approximate surface area is 194 Å². The Balaban J connectivity index is 5.20. The number of aliphatic carboxylic acids is 1. The first-order valence-corrected chi connectivity index (χ1v) is 11.5. The van der Waals surface area contributed by atoms with Crippen molar-refractivity contribution in [3.8, 4) is 0 Å². The fourth-order valence-corrected chi connectivity index (χ4v) is 3.08. The van der Waals surface area contributed by atoms with Gasteiger partial charge in [-0.1, -0.05) is 0 Å². The van der Waals surface area contributed by atoms with Crippen molar-refractivity contribution in [3.63, 3.8) is 0 Å². The van der Waals surface area contributed by atoms with Gasteiger partial charge in [-0.2, -0.15) is 24.4 Å². The number of primary amides is 2. The van der Waals surface area contributed by atoms with Crippen LogP contribution in [0, 0.1) is 0 Å². The van der Waals surface area contributed by atoms with E-state index in [1.807, 2.05) is 0 Å². The molecular formula is C17H30N6O7S2. The maximum Gasteiger partial charge on any atom is 0.326 e. The molecule has 0 fully saturated rings. The lowest BCUT2D eigenvalue weighted by Gasteiger charge is -2.24. The molecule has 0 aromatic heterocycles.